The summed E-state index contributed by atoms with van der Waals surface area (Å²) in [4.78, 5) is 12.3. The maximum atomic E-state index is 12.3. The SMILES string of the molecule is O=C(Cc1ccccc1)Nc1n[nH]c2ccc(NS(=O)(=O)CCCCl)cc12. The zero-order chi connectivity index (χ0) is 19.3. The molecular formula is C18H19ClN4O3S. The number of H-pyrrole nitrogens is 1. The Morgan fingerprint density at radius 3 is 2.67 bits per heavy atom. The Bertz CT molecular complexity index is 1040. The number of alkyl halides is 1. The second-order valence-corrected chi connectivity index (χ2v) is 8.23. The maximum Gasteiger partial charge on any atom is 0.232 e. The molecule has 3 N–H and O–H groups in total. The molecule has 3 aromatic rings. The zero-order valence-corrected chi connectivity index (χ0v) is 16.0. The van der Waals surface area contributed by atoms with Gasteiger partial charge in [0, 0.05) is 17.0 Å². The predicted octanol–water partition coefficient (Wildman–Crippen LogP) is 3.11. The molecule has 7 nitrogen and oxygen atoms in total. The summed E-state index contributed by atoms with van der Waals surface area (Å²) in [5, 5.41) is 10.3. The average molecular weight is 407 g/mol. The molecule has 0 spiro atoms. The normalized spacial score (nSPS) is 11.4. The third-order valence-corrected chi connectivity index (χ3v) is 5.49. The van der Waals surface area contributed by atoms with E-state index < -0.39 is 10.0 Å². The van der Waals surface area contributed by atoms with Crippen molar-refractivity contribution in [3.05, 3.63) is 54.1 Å². The number of anilines is 2. The van der Waals surface area contributed by atoms with Gasteiger partial charge in [-0.1, -0.05) is 30.3 Å². The first-order chi connectivity index (χ1) is 13.0. The summed E-state index contributed by atoms with van der Waals surface area (Å²) in [6, 6.07) is 14.3. The molecule has 9 heteroatoms. The molecule has 0 saturated heterocycles. The van der Waals surface area contributed by atoms with Gasteiger partial charge in [0.2, 0.25) is 15.9 Å². The summed E-state index contributed by atoms with van der Waals surface area (Å²) in [7, 11) is -3.48. The van der Waals surface area contributed by atoms with Crippen LogP contribution in [0.15, 0.2) is 48.5 Å². The van der Waals surface area contributed by atoms with Gasteiger partial charge in [-0.3, -0.25) is 14.6 Å². The van der Waals surface area contributed by atoms with E-state index >= 15 is 0 Å². The number of nitrogens with one attached hydrogen (secondary N) is 3. The van der Waals surface area contributed by atoms with Crippen LogP contribution in [0.2, 0.25) is 0 Å². The van der Waals surface area contributed by atoms with Crippen molar-refractivity contribution in [2.75, 3.05) is 21.7 Å². The van der Waals surface area contributed by atoms with Crippen LogP contribution in [-0.2, 0) is 21.2 Å². The van der Waals surface area contributed by atoms with E-state index in [1.807, 2.05) is 30.3 Å². The molecule has 0 bridgehead atoms. The van der Waals surface area contributed by atoms with Gasteiger partial charge in [-0.25, -0.2) is 8.42 Å². The molecule has 27 heavy (non-hydrogen) atoms. The van der Waals surface area contributed by atoms with Crippen LogP contribution in [0.3, 0.4) is 0 Å². The number of aromatic amines is 1. The summed E-state index contributed by atoms with van der Waals surface area (Å²) in [6.45, 7) is 0. The zero-order valence-electron chi connectivity index (χ0n) is 14.4. The highest BCUT2D eigenvalue weighted by molar-refractivity contribution is 7.92. The van der Waals surface area contributed by atoms with Gasteiger partial charge in [0.1, 0.15) is 0 Å². The third-order valence-electron chi connectivity index (χ3n) is 3.85. The van der Waals surface area contributed by atoms with Gasteiger partial charge >= 0.3 is 0 Å². The van der Waals surface area contributed by atoms with Gasteiger partial charge in [0.15, 0.2) is 5.82 Å². The fourth-order valence-electron chi connectivity index (χ4n) is 2.61. The Morgan fingerprint density at radius 2 is 1.93 bits per heavy atom. The minimum absolute atomic E-state index is 0.0550. The summed E-state index contributed by atoms with van der Waals surface area (Å²) in [5.41, 5.74) is 1.98. The van der Waals surface area contributed by atoms with Crippen LogP contribution in [0, 0.1) is 0 Å². The number of amides is 1. The van der Waals surface area contributed by atoms with E-state index in [9.17, 15) is 13.2 Å². The van der Waals surface area contributed by atoms with Crippen LogP contribution >= 0.6 is 11.6 Å². The number of benzene rings is 2. The Hall–Kier alpha value is -2.58. The lowest BCUT2D eigenvalue weighted by molar-refractivity contribution is -0.115. The van der Waals surface area contributed by atoms with Crippen molar-refractivity contribution in [1.29, 1.82) is 0 Å². The van der Waals surface area contributed by atoms with Crippen LogP contribution < -0.4 is 10.0 Å². The first kappa shape index (κ1) is 19.2. The lowest BCUT2D eigenvalue weighted by Gasteiger charge is -2.08. The highest BCUT2D eigenvalue weighted by Gasteiger charge is 2.13. The van der Waals surface area contributed by atoms with E-state index in [1.54, 1.807) is 18.2 Å². The molecular weight excluding hydrogens is 388 g/mol. The molecule has 3 rings (SSSR count). The summed E-state index contributed by atoms with van der Waals surface area (Å²) in [5.74, 6) is 0.371. The van der Waals surface area contributed by atoms with Crippen molar-refractivity contribution in [3.63, 3.8) is 0 Å². The summed E-state index contributed by atoms with van der Waals surface area (Å²) >= 11 is 5.56. The minimum atomic E-state index is -3.48. The molecule has 0 atom stereocenters. The van der Waals surface area contributed by atoms with Gasteiger partial charge in [0.25, 0.3) is 0 Å². The molecule has 0 fully saturated rings. The number of fused-ring (bicyclic) bond motifs is 1. The monoisotopic (exact) mass is 406 g/mol. The molecule has 1 aromatic heterocycles. The van der Waals surface area contributed by atoms with Crippen molar-refractivity contribution >= 4 is 49.9 Å². The lowest BCUT2D eigenvalue weighted by atomic mass is 10.1. The molecule has 0 aliphatic rings. The number of carbonyl (C=O) groups excluding carboxylic acids is 1. The van der Waals surface area contributed by atoms with Crippen molar-refractivity contribution in [3.8, 4) is 0 Å². The van der Waals surface area contributed by atoms with Crippen molar-refractivity contribution in [1.82, 2.24) is 10.2 Å². The van der Waals surface area contributed by atoms with Crippen LogP contribution in [-0.4, -0.2) is 36.2 Å². The van der Waals surface area contributed by atoms with Gasteiger partial charge in [-0.2, -0.15) is 5.10 Å². The third kappa shape index (κ3) is 5.21. The number of nitrogens with zero attached hydrogens (tertiary/aromatic N) is 1. The highest BCUT2D eigenvalue weighted by Crippen LogP contribution is 2.25. The average Bonchev–Trinajstić information content (AvgIpc) is 3.02. The van der Waals surface area contributed by atoms with Gasteiger partial charge in [0.05, 0.1) is 17.7 Å². The number of rotatable bonds is 8. The molecule has 0 unspecified atom stereocenters. The van der Waals surface area contributed by atoms with E-state index in [-0.39, 0.29) is 24.0 Å². The number of carbonyl (C=O) groups is 1. The molecule has 0 saturated carbocycles. The highest BCUT2D eigenvalue weighted by atomic mass is 35.5. The van der Waals surface area contributed by atoms with Crippen LogP contribution in [0.1, 0.15) is 12.0 Å². The van der Waals surface area contributed by atoms with E-state index in [2.05, 4.69) is 20.2 Å². The Balaban J connectivity index is 1.76. The first-order valence-electron chi connectivity index (χ1n) is 8.35. The number of halogens is 1. The standard InChI is InChI=1S/C18H19ClN4O3S/c19-9-4-10-27(25,26)23-14-7-8-16-15(12-14)18(22-21-16)20-17(24)11-13-5-2-1-3-6-13/h1-3,5-8,12,23H,4,9-11H2,(H2,20,21,22,24). The van der Waals surface area contributed by atoms with Crippen LogP contribution in [0.25, 0.3) is 10.9 Å². The Kier molecular flexibility index (Phi) is 5.98. The van der Waals surface area contributed by atoms with Crippen molar-refractivity contribution in [2.24, 2.45) is 0 Å². The van der Waals surface area contributed by atoms with Crippen molar-refractivity contribution < 1.29 is 13.2 Å². The molecule has 2 aromatic carbocycles. The molecule has 142 valence electrons. The van der Waals surface area contributed by atoms with Crippen LogP contribution in [0.4, 0.5) is 11.5 Å². The largest absolute Gasteiger partial charge is 0.308 e. The quantitative estimate of drug-likeness (QED) is 0.500. The second kappa shape index (κ2) is 8.41. The Morgan fingerprint density at radius 1 is 1.15 bits per heavy atom. The summed E-state index contributed by atoms with van der Waals surface area (Å²) in [6.07, 6.45) is 0.589. The molecule has 0 aliphatic carbocycles. The van der Waals surface area contributed by atoms with E-state index in [4.69, 9.17) is 11.6 Å². The first-order valence-corrected chi connectivity index (χ1v) is 10.5. The fourth-order valence-corrected chi connectivity index (χ4v) is 4.01. The molecule has 1 heterocycles. The van der Waals surface area contributed by atoms with Crippen LogP contribution in [0.5, 0.6) is 0 Å². The number of sulfonamides is 1. The summed E-state index contributed by atoms with van der Waals surface area (Å²) < 4.78 is 26.6. The number of hydrogen-bond acceptors (Lipinski definition) is 4. The predicted molar refractivity (Wildman–Crippen MR) is 108 cm³/mol. The number of aromatic nitrogens is 2. The van der Waals surface area contributed by atoms with E-state index in [1.165, 1.54) is 0 Å². The van der Waals surface area contributed by atoms with Gasteiger partial charge < -0.3 is 5.32 Å². The topological polar surface area (TPSA) is 104 Å². The van der Waals surface area contributed by atoms with E-state index in [0.717, 1.165) is 5.56 Å². The fraction of sp³-hybridized carbons (Fsp3) is 0.222. The number of hydrogen-bond donors (Lipinski definition) is 3. The second-order valence-electron chi connectivity index (χ2n) is 6.01. The molecule has 1 amide bonds. The molecule has 0 radical (unpaired) electrons. The van der Waals surface area contributed by atoms with E-state index in [0.29, 0.717) is 28.8 Å². The molecule has 0 aliphatic heterocycles. The van der Waals surface area contributed by atoms with Gasteiger partial charge in [-0.05, 0) is 30.2 Å². The maximum absolute atomic E-state index is 12.3. The minimum Gasteiger partial charge on any atom is -0.308 e. The smallest absolute Gasteiger partial charge is 0.232 e. The van der Waals surface area contributed by atoms with Gasteiger partial charge in [-0.15, -0.1) is 11.6 Å². The van der Waals surface area contributed by atoms with Crippen molar-refractivity contribution in [2.45, 2.75) is 12.8 Å². The Labute approximate surface area is 162 Å². The lowest BCUT2D eigenvalue weighted by Crippen LogP contribution is -2.17.